The van der Waals surface area contributed by atoms with Crippen molar-refractivity contribution >= 4 is 17.7 Å². The van der Waals surface area contributed by atoms with Gasteiger partial charge in [-0.25, -0.2) is 9.97 Å². The molecule has 0 atom stereocenters. The summed E-state index contributed by atoms with van der Waals surface area (Å²) in [6, 6.07) is 9.35. The average Bonchev–Trinajstić information content (AvgIpc) is 2.62. The number of nitrogens with zero attached hydrogens (tertiary/aromatic N) is 3. The lowest BCUT2D eigenvalue weighted by Crippen LogP contribution is -2.04. The number of hydrogen-bond acceptors (Lipinski definition) is 5. The van der Waals surface area contributed by atoms with E-state index < -0.39 is 0 Å². The molecule has 0 radical (unpaired) electrons. The third kappa shape index (κ3) is 2.38. The van der Waals surface area contributed by atoms with Crippen LogP contribution < -0.4 is 11.3 Å². The molecule has 2 heterocycles. The van der Waals surface area contributed by atoms with E-state index >= 15 is 0 Å². The Morgan fingerprint density at radius 2 is 2.05 bits per heavy atom. The number of aromatic nitrogens is 3. The zero-order valence-corrected chi connectivity index (χ0v) is 11.4. The summed E-state index contributed by atoms with van der Waals surface area (Å²) < 4.78 is 0. The minimum atomic E-state index is -0.187. The zero-order chi connectivity index (χ0) is 14.8. The summed E-state index contributed by atoms with van der Waals surface area (Å²) in [6.45, 7) is 1.79. The first-order valence-corrected chi connectivity index (χ1v) is 6.39. The van der Waals surface area contributed by atoms with Gasteiger partial charge in [-0.1, -0.05) is 24.3 Å². The molecule has 0 fully saturated rings. The minimum Gasteiger partial charge on any atom is -0.382 e. The van der Waals surface area contributed by atoms with Gasteiger partial charge in [-0.3, -0.25) is 9.79 Å². The van der Waals surface area contributed by atoms with Gasteiger partial charge in [-0.05, 0) is 13.0 Å². The first-order chi connectivity index (χ1) is 10.2. The largest absolute Gasteiger partial charge is 0.382 e. The molecule has 3 N–H and O–H groups in total. The summed E-state index contributed by atoms with van der Waals surface area (Å²) in [7, 11) is 0. The number of fused-ring (bicyclic) bond motifs is 1. The van der Waals surface area contributed by atoms with Crippen LogP contribution in [0, 0.1) is 6.92 Å². The van der Waals surface area contributed by atoms with E-state index in [1.165, 1.54) is 12.5 Å². The third-order valence-electron chi connectivity index (χ3n) is 3.18. The van der Waals surface area contributed by atoms with Gasteiger partial charge < -0.3 is 10.7 Å². The number of nitrogens with one attached hydrogen (secondary N) is 1. The van der Waals surface area contributed by atoms with Crippen LogP contribution in [0.5, 0.6) is 0 Å². The molecular weight excluding hydrogens is 266 g/mol. The fraction of sp³-hybridized carbons (Fsp3) is 0.0667. The first kappa shape index (κ1) is 13.0. The van der Waals surface area contributed by atoms with Gasteiger partial charge in [-0.2, -0.15) is 0 Å². The zero-order valence-electron chi connectivity index (χ0n) is 11.4. The molecule has 2 aliphatic rings. The Kier molecular flexibility index (Phi) is 3.19. The van der Waals surface area contributed by atoms with Crippen molar-refractivity contribution < 1.29 is 0 Å². The smallest absolute Gasteiger partial charge is 0.257 e. The van der Waals surface area contributed by atoms with E-state index in [0.717, 1.165) is 11.3 Å². The summed E-state index contributed by atoms with van der Waals surface area (Å²) in [5.41, 5.74) is 8.80. The molecular formula is C15H13N5O. The van der Waals surface area contributed by atoms with Crippen molar-refractivity contribution in [2.75, 3.05) is 5.73 Å². The highest BCUT2D eigenvalue weighted by Crippen LogP contribution is 2.23. The Bertz CT molecular complexity index is 833. The summed E-state index contributed by atoms with van der Waals surface area (Å²) in [4.78, 5) is 27.1. The SMILES string of the molecule is Cc1ncnc(N)c1N=Cc1c2cccccc-2[nH]c1=O. The van der Waals surface area contributed by atoms with Crippen molar-refractivity contribution in [3.63, 3.8) is 0 Å². The lowest BCUT2D eigenvalue weighted by atomic mass is 10.1. The molecule has 0 unspecified atom stereocenters. The molecule has 0 saturated carbocycles. The lowest BCUT2D eigenvalue weighted by molar-refractivity contribution is 1.10. The molecule has 0 saturated heterocycles. The number of H-pyrrole nitrogens is 1. The number of hydrogen-bond donors (Lipinski definition) is 2. The fourth-order valence-corrected chi connectivity index (χ4v) is 2.11. The van der Waals surface area contributed by atoms with Crippen LogP contribution in [0.25, 0.3) is 11.3 Å². The molecule has 6 heteroatoms. The minimum absolute atomic E-state index is 0.187. The van der Waals surface area contributed by atoms with E-state index in [9.17, 15) is 4.79 Å². The Balaban J connectivity index is 2.10. The van der Waals surface area contributed by atoms with Crippen molar-refractivity contribution in [3.05, 3.63) is 58.3 Å². The van der Waals surface area contributed by atoms with Crippen LogP contribution in [-0.4, -0.2) is 21.2 Å². The number of nitrogen functional groups attached to an aromatic ring is 1. The van der Waals surface area contributed by atoms with Crippen LogP contribution in [0.15, 0.2) is 46.4 Å². The molecule has 0 spiro atoms. The summed E-state index contributed by atoms with van der Waals surface area (Å²) in [6.07, 6.45) is 2.89. The monoisotopic (exact) mass is 279 g/mol. The van der Waals surface area contributed by atoms with Crippen molar-refractivity contribution in [3.8, 4) is 11.3 Å². The van der Waals surface area contributed by atoms with Gasteiger partial charge in [0.15, 0.2) is 5.82 Å². The van der Waals surface area contributed by atoms with E-state index in [0.29, 0.717) is 16.9 Å². The van der Waals surface area contributed by atoms with E-state index in [1.54, 1.807) is 6.92 Å². The number of nitrogens with two attached hydrogens (primary N) is 1. The third-order valence-corrected chi connectivity index (χ3v) is 3.18. The van der Waals surface area contributed by atoms with Gasteiger partial charge in [0.2, 0.25) is 0 Å². The highest BCUT2D eigenvalue weighted by atomic mass is 16.1. The molecule has 1 aromatic rings. The predicted octanol–water partition coefficient (Wildman–Crippen LogP) is 1.91. The second-order valence-corrected chi connectivity index (χ2v) is 4.56. The molecule has 0 amide bonds. The predicted molar refractivity (Wildman–Crippen MR) is 82.1 cm³/mol. The van der Waals surface area contributed by atoms with Crippen molar-refractivity contribution in [1.29, 1.82) is 0 Å². The second-order valence-electron chi connectivity index (χ2n) is 4.56. The molecule has 21 heavy (non-hydrogen) atoms. The van der Waals surface area contributed by atoms with Crippen LogP contribution in [0.1, 0.15) is 11.3 Å². The Morgan fingerprint density at radius 1 is 1.24 bits per heavy atom. The van der Waals surface area contributed by atoms with Gasteiger partial charge in [0.25, 0.3) is 5.56 Å². The van der Waals surface area contributed by atoms with Gasteiger partial charge in [0, 0.05) is 17.5 Å². The molecule has 0 aromatic carbocycles. The highest BCUT2D eigenvalue weighted by molar-refractivity contribution is 5.92. The topological polar surface area (TPSA) is 97.0 Å². The van der Waals surface area contributed by atoms with E-state index in [1.807, 2.05) is 30.3 Å². The number of rotatable bonds is 2. The van der Waals surface area contributed by atoms with Gasteiger partial charge >= 0.3 is 0 Å². The fourth-order valence-electron chi connectivity index (χ4n) is 2.11. The molecule has 104 valence electrons. The highest BCUT2D eigenvalue weighted by Gasteiger charge is 2.12. The van der Waals surface area contributed by atoms with Crippen LogP contribution >= 0.6 is 0 Å². The molecule has 1 aromatic heterocycles. The van der Waals surface area contributed by atoms with Crippen LogP contribution in [0.4, 0.5) is 11.5 Å². The van der Waals surface area contributed by atoms with Crippen molar-refractivity contribution in [1.82, 2.24) is 15.0 Å². The van der Waals surface area contributed by atoms with Crippen LogP contribution in [-0.2, 0) is 0 Å². The van der Waals surface area contributed by atoms with Gasteiger partial charge in [0.05, 0.1) is 11.3 Å². The number of aryl methyl sites for hydroxylation is 1. The molecule has 1 aliphatic carbocycles. The number of anilines is 1. The standard InChI is InChI=1S/C15H13N5O/c1-9-13(14(16)19-8-18-9)17-7-11-10-5-3-2-4-6-12(10)20-15(11)21/h2-8H,1H3,(H,20,21)(H2,16,18,19). The van der Waals surface area contributed by atoms with E-state index in [4.69, 9.17) is 5.73 Å². The molecule has 1 aliphatic heterocycles. The van der Waals surface area contributed by atoms with Gasteiger partial charge in [0.1, 0.15) is 12.0 Å². The average molecular weight is 279 g/mol. The van der Waals surface area contributed by atoms with E-state index in [-0.39, 0.29) is 11.4 Å². The summed E-state index contributed by atoms with van der Waals surface area (Å²) in [5, 5.41) is 0. The van der Waals surface area contributed by atoms with E-state index in [2.05, 4.69) is 19.9 Å². The van der Waals surface area contributed by atoms with Gasteiger partial charge in [-0.15, -0.1) is 0 Å². The van der Waals surface area contributed by atoms with Crippen LogP contribution in [0.2, 0.25) is 0 Å². The maximum atomic E-state index is 12.0. The second kappa shape index (κ2) is 5.16. The summed E-state index contributed by atoms with van der Waals surface area (Å²) >= 11 is 0. The lowest BCUT2D eigenvalue weighted by Gasteiger charge is -2.00. The maximum Gasteiger partial charge on any atom is 0.257 e. The van der Waals surface area contributed by atoms with Crippen molar-refractivity contribution in [2.24, 2.45) is 4.99 Å². The number of aromatic amines is 1. The summed E-state index contributed by atoms with van der Waals surface area (Å²) in [5.74, 6) is 0.289. The molecule has 6 nitrogen and oxygen atoms in total. The first-order valence-electron chi connectivity index (χ1n) is 6.39. The normalized spacial score (nSPS) is 11.3. The quantitative estimate of drug-likeness (QED) is 0.700. The Morgan fingerprint density at radius 3 is 2.86 bits per heavy atom. The molecule has 0 bridgehead atoms. The van der Waals surface area contributed by atoms with Crippen molar-refractivity contribution in [2.45, 2.75) is 6.92 Å². The Hall–Kier alpha value is -3.02. The van der Waals surface area contributed by atoms with Crippen LogP contribution in [0.3, 0.4) is 0 Å². The number of aliphatic imine (C=N–C) groups is 1. The molecule has 3 rings (SSSR count). The maximum absolute atomic E-state index is 12.0. The Labute approximate surface area is 120 Å².